The van der Waals surface area contributed by atoms with Crippen molar-refractivity contribution in [1.29, 1.82) is 5.26 Å². The van der Waals surface area contributed by atoms with Crippen LogP contribution < -0.4 is 9.47 Å². The minimum atomic E-state index is -0.509. The van der Waals surface area contributed by atoms with Crippen molar-refractivity contribution < 1.29 is 18.3 Å². The Bertz CT molecular complexity index is 899. The first-order chi connectivity index (χ1) is 15.6. The monoisotopic (exact) mass is 440 g/mol. The molecule has 0 amide bonds. The fourth-order valence-electron chi connectivity index (χ4n) is 3.54. The van der Waals surface area contributed by atoms with Gasteiger partial charge in [0.05, 0.1) is 31.4 Å². The number of nitriles is 1. The quantitative estimate of drug-likeness (QED) is 0.409. The average molecular weight is 440 g/mol. The Morgan fingerprint density at radius 2 is 1.41 bits per heavy atom. The van der Waals surface area contributed by atoms with Crippen LogP contribution in [0.15, 0.2) is 36.4 Å². The maximum Gasteiger partial charge on any atom is 0.190 e. The molecular weight excluding hydrogens is 414 g/mol. The Morgan fingerprint density at radius 1 is 0.875 bits per heavy atom. The van der Waals surface area contributed by atoms with Crippen LogP contribution in [0.2, 0.25) is 0 Å². The fraction of sp³-hybridized carbons (Fsp3) is 0.417. The summed E-state index contributed by atoms with van der Waals surface area (Å²) in [5, 5.41) is 8.77. The topological polar surface area (TPSA) is 53.1 Å². The SMILES string of the molecule is [C-]#[N+]c1ccc(OCCCN2CCN(CCCOc3ccc(C#N)cc3F)CC2)c(F)c1. The van der Waals surface area contributed by atoms with Gasteiger partial charge in [0.15, 0.2) is 28.8 Å². The molecule has 0 N–H and O–H groups in total. The first-order valence-electron chi connectivity index (χ1n) is 10.7. The number of ether oxygens (including phenoxy) is 2. The third kappa shape index (κ3) is 6.91. The number of halogens is 2. The van der Waals surface area contributed by atoms with Gasteiger partial charge in [-0.15, -0.1) is 0 Å². The number of benzene rings is 2. The van der Waals surface area contributed by atoms with Crippen molar-refractivity contribution >= 4 is 5.69 Å². The van der Waals surface area contributed by atoms with Crippen molar-refractivity contribution in [1.82, 2.24) is 9.80 Å². The Hall–Kier alpha value is -3.20. The second-order valence-electron chi connectivity index (χ2n) is 7.57. The Kier molecular flexibility index (Phi) is 8.79. The van der Waals surface area contributed by atoms with Crippen molar-refractivity contribution in [2.75, 3.05) is 52.5 Å². The number of piperazine rings is 1. The van der Waals surface area contributed by atoms with Crippen molar-refractivity contribution in [3.05, 3.63) is 65.0 Å². The Labute approximate surface area is 187 Å². The van der Waals surface area contributed by atoms with Gasteiger partial charge in [-0.3, -0.25) is 0 Å². The second kappa shape index (κ2) is 12.0. The molecule has 0 aromatic heterocycles. The van der Waals surface area contributed by atoms with Crippen LogP contribution in [0.3, 0.4) is 0 Å². The lowest BCUT2D eigenvalue weighted by molar-refractivity contribution is 0.120. The van der Waals surface area contributed by atoms with E-state index in [1.807, 2.05) is 6.07 Å². The van der Waals surface area contributed by atoms with E-state index in [-0.39, 0.29) is 22.7 Å². The van der Waals surface area contributed by atoms with Gasteiger partial charge in [0, 0.05) is 39.3 Å². The third-order valence-electron chi connectivity index (χ3n) is 5.32. The van der Waals surface area contributed by atoms with Gasteiger partial charge in [-0.2, -0.15) is 5.26 Å². The Balaban J connectivity index is 1.26. The summed E-state index contributed by atoms with van der Waals surface area (Å²) in [6, 6.07) is 10.4. The van der Waals surface area contributed by atoms with Crippen molar-refractivity contribution in [3.63, 3.8) is 0 Å². The van der Waals surface area contributed by atoms with Gasteiger partial charge in [0.2, 0.25) is 0 Å². The molecule has 0 spiro atoms. The zero-order valence-electron chi connectivity index (χ0n) is 17.9. The van der Waals surface area contributed by atoms with Gasteiger partial charge in [0.1, 0.15) is 0 Å². The van der Waals surface area contributed by atoms with Crippen LogP contribution in [0.4, 0.5) is 14.5 Å². The maximum atomic E-state index is 13.8. The molecule has 6 nitrogen and oxygen atoms in total. The standard InChI is InChI=1S/C24H26F2N4O2/c1-28-20-5-7-24(22(26)17-20)32-15-3-9-30-12-10-29(11-13-30)8-2-14-31-23-6-4-19(18-27)16-21(23)25/h4-7,16-17H,2-3,8-15H2. The highest BCUT2D eigenvalue weighted by atomic mass is 19.1. The summed E-state index contributed by atoms with van der Waals surface area (Å²) in [5.74, 6) is -0.647. The summed E-state index contributed by atoms with van der Waals surface area (Å²) < 4.78 is 38.6. The van der Waals surface area contributed by atoms with Crippen LogP contribution in [0, 0.1) is 29.5 Å². The lowest BCUT2D eigenvalue weighted by atomic mass is 10.2. The number of rotatable bonds is 10. The van der Waals surface area contributed by atoms with E-state index in [4.69, 9.17) is 21.3 Å². The molecule has 2 aromatic rings. The molecule has 1 heterocycles. The summed E-state index contributed by atoms with van der Waals surface area (Å²) in [5.41, 5.74) is 0.544. The van der Waals surface area contributed by atoms with Crippen LogP contribution in [-0.2, 0) is 0 Å². The molecule has 0 atom stereocenters. The van der Waals surface area contributed by atoms with Crippen molar-refractivity contribution in [3.8, 4) is 17.6 Å². The van der Waals surface area contributed by atoms with Crippen LogP contribution in [-0.4, -0.2) is 62.3 Å². The molecule has 32 heavy (non-hydrogen) atoms. The molecular formula is C24H26F2N4O2. The van der Waals surface area contributed by atoms with E-state index >= 15 is 0 Å². The highest BCUT2D eigenvalue weighted by Gasteiger charge is 2.16. The number of hydrogen-bond acceptors (Lipinski definition) is 5. The lowest BCUT2D eigenvalue weighted by Gasteiger charge is -2.34. The summed E-state index contributed by atoms with van der Waals surface area (Å²) in [6.45, 7) is 13.3. The zero-order chi connectivity index (χ0) is 22.8. The highest BCUT2D eigenvalue weighted by Crippen LogP contribution is 2.23. The molecule has 8 heteroatoms. The van der Waals surface area contributed by atoms with E-state index in [0.717, 1.165) is 52.1 Å². The molecule has 1 aliphatic heterocycles. The molecule has 1 fully saturated rings. The van der Waals surface area contributed by atoms with Gasteiger partial charge in [0.25, 0.3) is 0 Å². The van der Waals surface area contributed by atoms with Crippen LogP contribution in [0.5, 0.6) is 11.5 Å². The van der Waals surface area contributed by atoms with E-state index in [9.17, 15) is 8.78 Å². The van der Waals surface area contributed by atoms with Crippen LogP contribution >= 0.6 is 0 Å². The number of nitrogens with zero attached hydrogens (tertiary/aromatic N) is 4. The van der Waals surface area contributed by atoms with Gasteiger partial charge in [-0.25, -0.2) is 13.6 Å². The largest absolute Gasteiger partial charge is 0.491 e. The van der Waals surface area contributed by atoms with Crippen molar-refractivity contribution in [2.45, 2.75) is 12.8 Å². The second-order valence-corrected chi connectivity index (χ2v) is 7.57. The molecule has 0 bridgehead atoms. The molecule has 0 saturated carbocycles. The number of hydrogen-bond donors (Lipinski definition) is 0. The molecule has 1 aliphatic rings. The molecule has 0 radical (unpaired) electrons. The predicted octanol–water partition coefficient (Wildman–Crippen LogP) is 4.24. The predicted molar refractivity (Wildman–Crippen MR) is 117 cm³/mol. The zero-order valence-corrected chi connectivity index (χ0v) is 17.9. The van der Waals surface area contributed by atoms with E-state index < -0.39 is 11.6 Å². The molecule has 0 aliphatic carbocycles. The minimum absolute atomic E-state index is 0.179. The normalized spacial score (nSPS) is 14.5. The third-order valence-corrected chi connectivity index (χ3v) is 5.32. The van der Waals surface area contributed by atoms with E-state index in [1.165, 1.54) is 24.3 Å². The molecule has 168 valence electrons. The van der Waals surface area contributed by atoms with E-state index in [0.29, 0.717) is 13.2 Å². The van der Waals surface area contributed by atoms with Gasteiger partial charge in [-0.05, 0) is 43.2 Å². The van der Waals surface area contributed by atoms with Gasteiger partial charge < -0.3 is 19.3 Å². The van der Waals surface area contributed by atoms with E-state index in [1.54, 1.807) is 12.1 Å². The summed E-state index contributed by atoms with van der Waals surface area (Å²) in [6.07, 6.45) is 1.60. The van der Waals surface area contributed by atoms with E-state index in [2.05, 4.69) is 14.6 Å². The highest BCUT2D eigenvalue weighted by molar-refractivity contribution is 5.47. The Morgan fingerprint density at radius 3 is 1.88 bits per heavy atom. The van der Waals surface area contributed by atoms with Crippen LogP contribution in [0.1, 0.15) is 18.4 Å². The first kappa shape index (κ1) is 23.5. The minimum Gasteiger partial charge on any atom is -0.491 e. The molecule has 0 unspecified atom stereocenters. The lowest BCUT2D eigenvalue weighted by Crippen LogP contribution is -2.47. The van der Waals surface area contributed by atoms with Crippen LogP contribution in [0.25, 0.3) is 4.85 Å². The molecule has 3 rings (SSSR count). The fourth-order valence-corrected chi connectivity index (χ4v) is 3.54. The van der Waals surface area contributed by atoms with Crippen molar-refractivity contribution in [2.24, 2.45) is 0 Å². The first-order valence-corrected chi connectivity index (χ1v) is 10.7. The summed E-state index contributed by atoms with van der Waals surface area (Å²) >= 11 is 0. The molecule has 2 aromatic carbocycles. The summed E-state index contributed by atoms with van der Waals surface area (Å²) in [4.78, 5) is 7.92. The van der Waals surface area contributed by atoms with Gasteiger partial charge >= 0.3 is 0 Å². The summed E-state index contributed by atoms with van der Waals surface area (Å²) in [7, 11) is 0. The maximum absolute atomic E-state index is 13.8. The van der Waals surface area contributed by atoms with Gasteiger partial charge in [-0.1, -0.05) is 6.07 Å². The average Bonchev–Trinajstić information content (AvgIpc) is 2.81. The smallest absolute Gasteiger partial charge is 0.190 e. The molecule has 1 saturated heterocycles.